The molecule has 0 aliphatic heterocycles. The summed E-state index contributed by atoms with van der Waals surface area (Å²) in [5.41, 5.74) is 3.96. The van der Waals surface area contributed by atoms with Crippen LogP contribution >= 0.6 is 0 Å². The van der Waals surface area contributed by atoms with Crippen molar-refractivity contribution in [3.63, 3.8) is 0 Å². The molecule has 1 nitrogen and oxygen atoms in total. The minimum atomic E-state index is 0.599. The SMILES string of the molecule is CCCCC[C@H]1CC[C@H](C=CCCc2ccc(-c3ccc(OC[C@@H](C)CC)cc3)cc2)CC1. The zero-order valence-electron chi connectivity index (χ0n) is 21.4. The standard InChI is InChI=1S/C32H46O/c1-4-6-7-10-27-13-15-28(16-14-27)11-8-9-12-29-17-19-30(20-18-29)31-21-23-32(24-22-31)33-25-26(3)5-2/h8,11,17-24,26-28H,4-7,9-10,12-16,25H2,1-3H3/t26-,27-,28-/m0/s1. The van der Waals surface area contributed by atoms with E-state index in [0.29, 0.717) is 5.92 Å². The summed E-state index contributed by atoms with van der Waals surface area (Å²) in [6.45, 7) is 7.53. The predicted molar refractivity (Wildman–Crippen MR) is 144 cm³/mol. The summed E-state index contributed by atoms with van der Waals surface area (Å²) in [7, 11) is 0. The third-order valence-corrected chi connectivity index (χ3v) is 7.49. The first kappa shape index (κ1) is 25.6. The van der Waals surface area contributed by atoms with Crippen LogP contribution in [0, 0.1) is 17.8 Å². The summed E-state index contributed by atoms with van der Waals surface area (Å²) in [5.74, 6) is 3.40. The van der Waals surface area contributed by atoms with E-state index < -0.39 is 0 Å². The van der Waals surface area contributed by atoms with E-state index in [1.165, 1.54) is 68.1 Å². The van der Waals surface area contributed by atoms with Crippen LogP contribution in [0.15, 0.2) is 60.7 Å². The minimum Gasteiger partial charge on any atom is -0.493 e. The van der Waals surface area contributed by atoms with E-state index in [2.05, 4.69) is 81.5 Å². The molecule has 0 unspecified atom stereocenters. The van der Waals surface area contributed by atoms with Crippen molar-refractivity contribution in [1.29, 1.82) is 0 Å². The summed E-state index contributed by atoms with van der Waals surface area (Å²) < 4.78 is 5.89. The minimum absolute atomic E-state index is 0.599. The van der Waals surface area contributed by atoms with E-state index >= 15 is 0 Å². The van der Waals surface area contributed by atoms with Crippen LogP contribution in [0.2, 0.25) is 0 Å². The van der Waals surface area contributed by atoms with Gasteiger partial charge in [0.25, 0.3) is 0 Å². The van der Waals surface area contributed by atoms with Crippen LogP contribution in [-0.4, -0.2) is 6.61 Å². The second-order valence-corrected chi connectivity index (χ2v) is 10.3. The lowest BCUT2D eigenvalue weighted by molar-refractivity contribution is 0.256. The maximum Gasteiger partial charge on any atom is 0.119 e. The Kier molecular flexibility index (Phi) is 11.1. The molecule has 1 fully saturated rings. The lowest BCUT2D eigenvalue weighted by Crippen LogP contribution is -2.13. The highest BCUT2D eigenvalue weighted by molar-refractivity contribution is 5.64. The molecule has 2 aromatic carbocycles. The smallest absolute Gasteiger partial charge is 0.119 e. The van der Waals surface area contributed by atoms with Gasteiger partial charge in [-0.05, 0) is 85.1 Å². The third kappa shape index (κ3) is 9.03. The van der Waals surface area contributed by atoms with E-state index in [-0.39, 0.29) is 0 Å². The molecule has 0 radical (unpaired) electrons. The molecule has 0 spiro atoms. The van der Waals surface area contributed by atoms with Crippen LogP contribution in [-0.2, 0) is 6.42 Å². The fraction of sp³-hybridized carbons (Fsp3) is 0.562. The van der Waals surface area contributed by atoms with Gasteiger partial charge in [-0.15, -0.1) is 0 Å². The molecule has 0 N–H and O–H groups in total. The molecule has 3 rings (SSSR count). The van der Waals surface area contributed by atoms with Gasteiger partial charge in [0.15, 0.2) is 0 Å². The number of rotatable bonds is 13. The van der Waals surface area contributed by atoms with Gasteiger partial charge in [-0.2, -0.15) is 0 Å². The molecular formula is C32H46O. The average Bonchev–Trinajstić information content (AvgIpc) is 2.87. The highest BCUT2D eigenvalue weighted by atomic mass is 16.5. The lowest BCUT2D eigenvalue weighted by atomic mass is 9.79. The molecule has 1 heteroatoms. The van der Waals surface area contributed by atoms with Crippen LogP contribution in [0.1, 0.15) is 90.5 Å². The van der Waals surface area contributed by atoms with E-state index in [0.717, 1.165) is 43.5 Å². The van der Waals surface area contributed by atoms with Gasteiger partial charge in [0.05, 0.1) is 6.61 Å². The van der Waals surface area contributed by atoms with E-state index in [9.17, 15) is 0 Å². The Morgan fingerprint density at radius 1 is 0.879 bits per heavy atom. The van der Waals surface area contributed by atoms with Crippen molar-refractivity contribution in [1.82, 2.24) is 0 Å². The monoisotopic (exact) mass is 446 g/mol. The second kappa shape index (κ2) is 14.3. The van der Waals surface area contributed by atoms with Crippen LogP contribution in [0.25, 0.3) is 11.1 Å². The first-order valence-corrected chi connectivity index (χ1v) is 13.7. The third-order valence-electron chi connectivity index (χ3n) is 7.49. The molecule has 0 aromatic heterocycles. The molecular weight excluding hydrogens is 400 g/mol. The number of ether oxygens (including phenoxy) is 1. The second-order valence-electron chi connectivity index (χ2n) is 10.3. The van der Waals surface area contributed by atoms with E-state index in [1.54, 1.807) is 0 Å². The van der Waals surface area contributed by atoms with Gasteiger partial charge < -0.3 is 4.74 Å². The zero-order valence-corrected chi connectivity index (χ0v) is 21.4. The van der Waals surface area contributed by atoms with Crippen LogP contribution in [0.3, 0.4) is 0 Å². The Hall–Kier alpha value is -2.02. The van der Waals surface area contributed by atoms with E-state index in [4.69, 9.17) is 4.74 Å². The van der Waals surface area contributed by atoms with Gasteiger partial charge in [0.2, 0.25) is 0 Å². The molecule has 33 heavy (non-hydrogen) atoms. The van der Waals surface area contributed by atoms with Gasteiger partial charge in [-0.1, -0.05) is 101 Å². The summed E-state index contributed by atoms with van der Waals surface area (Å²) >= 11 is 0. The molecule has 1 aliphatic rings. The molecule has 0 amide bonds. The van der Waals surface area contributed by atoms with Crippen molar-refractivity contribution in [3.05, 3.63) is 66.2 Å². The van der Waals surface area contributed by atoms with Crippen molar-refractivity contribution in [2.24, 2.45) is 17.8 Å². The normalized spacial score (nSPS) is 19.6. The van der Waals surface area contributed by atoms with Gasteiger partial charge in [-0.3, -0.25) is 0 Å². The number of allylic oxidation sites excluding steroid dienone is 2. The van der Waals surface area contributed by atoms with Crippen molar-refractivity contribution in [2.75, 3.05) is 6.61 Å². The van der Waals surface area contributed by atoms with Gasteiger partial charge in [0, 0.05) is 0 Å². The first-order valence-electron chi connectivity index (χ1n) is 13.7. The van der Waals surface area contributed by atoms with Crippen molar-refractivity contribution in [3.8, 4) is 16.9 Å². The Morgan fingerprint density at radius 3 is 2.18 bits per heavy atom. The Morgan fingerprint density at radius 2 is 1.55 bits per heavy atom. The molecule has 2 aromatic rings. The quantitative estimate of drug-likeness (QED) is 0.220. The highest BCUT2D eigenvalue weighted by Crippen LogP contribution is 2.32. The van der Waals surface area contributed by atoms with Crippen molar-refractivity contribution < 1.29 is 4.74 Å². The molecule has 0 bridgehead atoms. The molecule has 0 saturated heterocycles. The molecule has 1 saturated carbocycles. The van der Waals surface area contributed by atoms with Crippen LogP contribution in [0.4, 0.5) is 0 Å². The molecule has 0 heterocycles. The summed E-state index contributed by atoms with van der Waals surface area (Å²) in [5, 5.41) is 0. The highest BCUT2D eigenvalue weighted by Gasteiger charge is 2.18. The maximum absolute atomic E-state index is 5.89. The number of unbranched alkanes of at least 4 members (excludes halogenated alkanes) is 2. The largest absolute Gasteiger partial charge is 0.493 e. The Labute approximate surface area is 203 Å². The number of benzene rings is 2. The summed E-state index contributed by atoms with van der Waals surface area (Å²) in [6, 6.07) is 17.6. The molecule has 1 atom stereocenters. The summed E-state index contributed by atoms with van der Waals surface area (Å²) in [4.78, 5) is 0. The fourth-order valence-electron chi connectivity index (χ4n) is 4.85. The Bertz CT molecular complexity index is 793. The van der Waals surface area contributed by atoms with Gasteiger partial charge in [-0.25, -0.2) is 0 Å². The molecule has 1 aliphatic carbocycles. The first-order chi connectivity index (χ1) is 16.2. The van der Waals surface area contributed by atoms with Gasteiger partial charge in [0.1, 0.15) is 5.75 Å². The number of hydrogen-bond acceptors (Lipinski definition) is 1. The maximum atomic E-state index is 5.89. The molecule has 180 valence electrons. The van der Waals surface area contributed by atoms with Gasteiger partial charge >= 0.3 is 0 Å². The number of aryl methyl sites for hydroxylation is 1. The lowest BCUT2D eigenvalue weighted by Gasteiger charge is -2.26. The van der Waals surface area contributed by atoms with Crippen molar-refractivity contribution >= 4 is 0 Å². The zero-order chi connectivity index (χ0) is 23.3. The average molecular weight is 447 g/mol. The summed E-state index contributed by atoms with van der Waals surface area (Å²) in [6.07, 6.45) is 19.8. The fourth-order valence-corrected chi connectivity index (χ4v) is 4.85. The Balaban J connectivity index is 1.38. The van der Waals surface area contributed by atoms with Crippen LogP contribution in [0.5, 0.6) is 5.75 Å². The van der Waals surface area contributed by atoms with Crippen LogP contribution < -0.4 is 4.74 Å². The van der Waals surface area contributed by atoms with Crippen molar-refractivity contribution in [2.45, 2.75) is 91.4 Å². The van der Waals surface area contributed by atoms with E-state index in [1.807, 2.05) is 0 Å². The topological polar surface area (TPSA) is 9.23 Å². The predicted octanol–water partition coefficient (Wildman–Crippen LogP) is 9.65. The number of hydrogen-bond donors (Lipinski definition) is 0.